The van der Waals surface area contributed by atoms with Crippen LogP contribution in [0.25, 0.3) is 22.7 Å². The van der Waals surface area contributed by atoms with Gasteiger partial charge >= 0.3 is 0 Å². The van der Waals surface area contributed by atoms with Gasteiger partial charge in [-0.15, -0.1) is 0 Å². The molecular weight excluding hydrogens is 328 g/mol. The number of benzene rings is 2. The van der Waals surface area contributed by atoms with Crippen molar-refractivity contribution in [2.45, 2.75) is 13.8 Å². The number of nitriles is 1. The number of allylic oxidation sites excluding steroid dienone is 1. The lowest BCUT2D eigenvalue weighted by atomic mass is 10.1. The van der Waals surface area contributed by atoms with Crippen LogP contribution < -0.4 is 10.5 Å². The Balaban J connectivity index is 2.02. The Morgan fingerprint density at radius 3 is 2.77 bits per heavy atom. The normalized spacial score (nSPS) is 11.3. The minimum atomic E-state index is -0.563. The van der Waals surface area contributed by atoms with Crippen molar-refractivity contribution in [2.24, 2.45) is 5.73 Å². The third-order valence-corrected chi connectivity index (χ3v) is 4.06. The number of nitrogens with one attached hydrogen (secondary N) is 1. The average molecular weight is 346 g/mol. The fraction of sp³-hybridized carbons (Fsp3) is 0.150. The molecule has 0 unspecified atom stereocenters. The third-order valence-electron chi connectivity index (χ3n) is 4.06. The minimum Gasteiger partial charge on any atom is -0.483 e. The van der Waals surface area contributed by atoms with Crippen molar-refractivity contribution in [3.05, 3.63) is 58.9 Å². The Bertz CT molecular complexity index is 1020. The van der Waals surface area contributed by atoms with Gasteiger partial charge in [0.2, 0.25) is 0 Å². The van der Waals surface area contributed by atoms with Gasteiger partial charge in [0.05, 0.1) is 16.6 Å². The molecule has 0 aliphatic rings. The number of nitrogens with two attached hydrogens (primary N) is 1. The lowest BCUT2D eigenvalue weighted by Crippen LogP contribution is -2.20. The molecule has 0 bridgehead atoms. The van der Waals surface area contributed by atoms with Gasteiger partial charge < -0.3 is 15.5 Å². The molecule has 1 heterocycles. The number of aryl methyl sites for hydroxylation is 2. The van der Waals surface area contributed by atoms with Gasteiger partial charge in [0.25, 0.3) is 5.91 Å². The lowest BCUT2D eigenvalue weighted by Gasteiger charge is -2.07. The first-order valence-corrected chi connectivity index (χ1v) is 8.07. The predicted octanol–water partition coefficient (Wildman–Crippen LogP) is 3.11. The molecule has 26 heavy (non-hydrogen) atoms. The van der Waals surface area contributed by atoms with E-state index in [9.17, 15) is 10.1 Å². The highest BCUT2D eigenvalue weighted by Crippen LogP contribution is 2.25. The standard InChI is InChI=1S/C20H18N4O2/c1-12-7-16-17(8-13(12)2)24-20(23-16)15(10-21)9-14-5-3-4-6-18(14)26-11-19(22)25/h3-9H,11H2,1-2H3,(H2,22,25)(H,23,24). The number of para-hydroxylation sites is 1. The number of hydrogen-bond donors (Lipinski definition) is 2. The quantitative estimate of drug-likeness (QED) is 0.692. The number of carbonyl (C=O) groups is 1. The van der Waals surface area contributed by atoms with E-state index in [4.69, 9.17) is 10.5 Å². The number of aromatic amines is 1. The Kier molecular flexibility index (Phi) is 4.72. The van der Waals surface area contributed by atoms with Crippen LogP contribution in [0.5, 0.6) is 5.75 Å². The van der Waals surface area contributed by atoms with Crippen LogP contribution in [-0.4, -0.2) is 22.5 Å². The largest absolute Gasteiger partial charge is 0.483 e. The van der Waals surface area contributed by atoms with E-state index in [0.717, 1.165) is 22.2 Å². The summed E-state index contributed by atoms with van der Waals surface area (Å²) in [4.78, 5) is 18.7. The Morgan fingerprint density at radius 1 is 1.31 bits per heavy atom. The number of amides is 1. The number of hydrogen-bond acceptors (Lipinski definition) is 4. The molecule has 0 fully saturated rings. The van der Waals surface area contributed by atoms with Crippen molar-refractivity contribution < 1.29 is 9.53 Å². The van der Waals surface area contributed by atoms with Gasteiger partial charge in [-0.1, -0.05) is 18.2 Å². The summed E-state index contributed by atoms with van der Waals surface area (Å²) in [5.74, 6) is 0.395. The molecular formula is C20H18N4O2. The first-order valence-electron chi connectivity index (χ1n) is 8.07. The molecule has 3 N–H and O–H groups in total. The summed E-state index contributed by atoms with van der Waals surface area (Å²) in [5.41, 5.74) is 10.1. The second-order valence-electron chi connectivity index (χ2n) is 6.00. The van der Waals surface area contributed by atoms with Gasteiger partial charge in [-0.25, -0.2) is 4.98 Å². The number of nitrogens with zero attached hydrogens (tertiary/aromatic N) is 2. The van der Waals surface area contributed by atoms with Crippen LogP contribution in [-0.2, 0) is 4.79 Å². The van der Waals surface area contributed by atoms with Crippen LogP contribution in [0, 0.1) is 25.2 Å². The predicted molar refractivity (Wildman–Crippen MR) is 100 cm³/mol. The molecule has 0 spiro atoms. The minimum absolute atomic E-state index is 0.226. The van der Waals surface area contributed by atoms with E-state index < -0.39 is 5.91 Å². The SMILES string of the molecule is Cc1cc2nc(C(C#N)=Cc3ccccc3OCC(N)=O)[nH]c2cc1C. The van der Waals surface area contributed by atoms with E-state index in [2.05, 4.69) is 16.0 Å². The van der Waals surface area contributed by atoms with Crippen LogP contribution in [0.4, 0.5) is 0 Å². The summed E-state index contributed by atoms with van der Waals surface area (Å²) < 4.78 is 5.41. The molecule has 1 amide bonds. The van der Waals surface area contributed by atoms with Gasteiger partial charge in [0.15, 0.2) is 6.61 Å². The van der Waals surface area contributed by atoms with Gasteiger partial charge in [-0.3, -0.25) is 4.79 Å². The van der Waals surface area contributed by atoms with Crippen LogP contribution in [0.15, 0.2) is 36.4 Å². The molecule has 6 nitrogen and oxygen atoms in total. The number of aromatic nitrogens is 2. The Labute approximate surface area is 150 Å². The van der Waals surface area contributed by atoms with Crippen LogP contribution in [0.3, 0.4) is 0 Å². The molecule has 130 valence electrons. The van der Waals surface area contributed by atoms with Crippen molar-refractivity contribution in [1.82, 2.24) is 9.97 Å². The highest BCUT2D eigenvalue weighted by molar-refractivity contribution is 5.91. The molecule has 0 saturated carbocycles. The number of H-pyrrole nitrogens is 1. The molecule has 0 saturated heterocycles. The molecule has 0 atom stereocenters. The van der Waals surface area contributed by atoms with Crippen molar-refractivity contribution in [3.8, 4) is 11.8 Å². The second-order valence-corrected chi connectivity index (χ2v) is 6.00. The summed E-state index contributed by atoms with van der Waals surface area (Å²) in [7, 11) is 0. The number of fused-ring (bicyclic) bond motifs is 1. The maximum atomic E-state index is 11.0. The third kappa shape index (κ3) is 3.57. The molecule has 6 heteroatoms. The van der Waals surface area contributed by atoms with Crippen LogP contribution >= 0.6 is 0 Å². The van der Waals surface area contributed by atoms with E-state index in [0.29, 0.717) is 22.7 Å². The molecule has 3 rings (SSSR count). The molecule has 2 aromatic carbocycles. The van der Waals surface area contributed by atoms with E-state index in [1.165, 1.54) is 0 Å². The van der Waals surface area contributed by atoms with Crippen molar-refractivity contribution in [3.63, 3.8) is 0 Å². The molecule has 0 aliphatic carbocycles. The monoisotopic (exact) mass is 346 g/mol. The Morgan fingerprint density at radius 2 is 2.04 bits per heavy atom. The van der Waals surface area contributed by atoms with Crippen LogP contribution in [0.2, 0.25) is 0 Å². The number of carbonyl (C=O) groups excluding carboxylic acids is 1. The maximum Gasteiger partial charge on any atom is 0.255 e. The number of imidazole rings is 1. The van der Waals surface area contributed by atoms with Gasteiger partial charge in [0, 0.05) is 5.56 Å². The van der Waals surface area contributed by atoms with Crippen molar-refractivity contribution in [1.29, 1.82) is 5.26 Å². The second kappa shape index (κ2) is 7.11. The lowest BCUT2D eigenvalue weighted by molar-refractivity contribution is -0.119. The average Bonchev–Trinajstić information content (AvgIpc) is 3.01. The highest BCUT2D eigenvalue weighted by Gasteiger charge is 2.11. The topological polar surface area (TPSA) is 105 Å². The van der Waals surface area contributed by atoms with E-state index >= 15 is 0 Å². The van der Waals surface area contributed by atoms with E-state index in [1.54, 1.807) is 24.3 Å². The first kappa shape index (κ1) is 17.2. The van der Waals surface area contributed by atoms with Crippen molar-refractivity contribution >= 4 is 28.6 Å². The van der Waals surface area contributed by atoms with Gasteiger partial charge in [0.1, 0.15) is 17.6 Å². The highest BCUT2D eigenvalue weighted by atomic mass is 16.5. The maximum absolute atomic E-state index is 11.0. The molecule has 3 aromatic rings. The summed E-state index contributed by atoms with van der Waals surface area (Å²) in [6, 6.07) is 13.3. The Hall–Kier alpha value is -3.59. The van der Waals surface area contributed by atoms with Gasteiger partial charge in [-0.05, 0) is 49.2 Å². The summed E-state index contributed by atoms with van der Waals surface area (Å²) in [5, 5.41) is 9.59. The smallest absolute Gasteiger partial charge is 0.255 e. The van der Waals surface area contributed by atoms with E-state index in [1.807, 2.05) is 32.0 Å². The zero-order valence-corrected chi connectivity index (χ0v) is 14.5. The fourth-order valence-corrected chi connectivity index (χ4v) is 2.59. The molecule has 0 radical (unpaired) electrons. The van der Waals surface area contributed by atoms with Crippen LogP contribution in [0.1, 0.15) is 22.5 Å². The number of primary amides is 1. The zero-order valence-electron chi connectivity index (χ0n) is 14.5. The molecule has 0 aliphatic heterocycles. The van der Waals surface area contributed by atoms with E-state index in [-0.39, 0.29) is 6.61 Å². The molecule has 1 aromatic heterocycles. The summed E-state index contributed by atoms with van der Waals surface area (Å²) >= 11 is 0. The number of ether oxygens (including phenoxy) is 1. The summed E-state index contributed by atoms with van der Waals surface area (Å²) in [6.45, 7) is 3.83. The first-order chi connectivity index (χ1) is 12.5. The number of rotatable bonds is 5. The van der Waals surface area contributed by atoms with Crippen molar-refractivity contribution in [2.75, 3.05) is 6.61 Å². The summed E-state index contributed by atoms with van der Waals surface area (Å²) in [6.07, 6.45) is 1.67. The zero-order chi connectivity index (χ0) is 18.7. The fourth-order valence-electron chi connectivity index (χ4n) is 2.59. The van der Waals surface area contributed by atoms with Gasteiger partial charge in [-0.2, -0.15) is 5.26 Å².